The fraction of sp³-hybridized carbons (Fsp3) is 0.500. The Balaban J connectivity index is 2.04. The van der Waals surface area contributed by atoms with Gasteiger partial charge in [0, 0.05) is 12.1 Å². The molecule has 3 heteroatoms. The van der Waals surface area contributed by atoms with Crippen molar-refractivity contribution < 1.29 is 9.59 Å². The summed E-state index contributed by atoms with van der Waals surface area (Å²) in [6.07, 6.45) is 6.42. The second-order valence-electron chi connectivity index (χ2n) is 5.13. The van der Waals surface area contributed by atoms with Gasteiger partial charge in [0.05, 0.1) is 0 Å². The summed E-state index contributed by atoms with van der Waals surface area (Å²) >= 11 is 0. The van der Waals surface area contributed by atoms with E-state index < -0.39 is 11.7 Å². The van der Waals surface area contributed by atoms with Crippen LogP contribution >= 0.6 is 0 Å². The van der Waals surface area contributed by atoms with E-state index >= 15 is 0 Å². The van der Waals surface area contributed by atoms with Crippen molar-refractivity contribution in [3.05, 3.63) is 34.9 Å². The maximum absolute atomic E-state index is 12.0. The van der Waals surface area contributed by atoms with Gasteiger partial charge >= 0.3 is 0 Å². The minimum absolute atomic E-state index is 0.413. The molecule has 1 amide bonds. The number of carbonyl (C=O) groups excluding carboxylic acids is 2. The lowest BCUT2D eigenvalue weighted by molar-refractivity contribution is -0.117. The molecule has 102 valence electrons. The molecular weight excluding hydrogens is 238 g/mol. The minimum atomic E-state index is -0.482. The SMILES string of the molecule is CCCCNC(=O)C(=O)c1ccc2c(c1)CCCC2. The van der Waals surface area contributed by atoms with E-state index in [-0.39, 0.29) is 0 Å². The van der Waals surface area contributed by atoms with Crippen molar-refractivity contribution in [2.45, 2.75) is 45.4 Å². The van der Waals surface area contributed by atoms with Crippen LogP contribution in [0.1, 0.15) is 54.1 Å². The normalized spacial score (nSPS) is 13.7. The van der Waals surface area contributed by atoms with Gasteiger partial charge in [0.1, 0.15) is 0 Å². The molecule has 0 aliphatic heterocycles. The number of benzene rings is 1. The average molecular weight is 259 g/mol. The number of unbranched alkanes of at least 4 members (excludes halogenated alkanes) is 1. The Bertz CT molecular complexity index is 480. The van der Waals surface area contributed by atoms with Gasteiger partial charge in [0.15, 0.2) is 0 Å². The van der Waals surface area contributed by atoms with E-state index in [1.165, 1.54) is 24.0 Å². The first kappa shape index (κ1) is 13.8. The Kier molecular flexibility index (Phi) is 4.72. The quantitative estimate of drug-likeness (QED) is 0.502. The summed E-state index contributed by atoms with van der Waals surface area (Å²) in [5.41, 5.74) is 3.09. The van der Waals surface area contributed by atoms with Crippen LogP contribution in [0.3, 0.4) is 0 Å². The minimum Gasteiger partial charge on any atom is -0.349 e. The molecule has 1 aromatic rings. The Morgan fingerprint density at radius 3 is 2.63 bits per heavy atom. The summed E-state index contributed by atoms with van der Waals surface area (Å²) < 4.78 is 0. The van der Waals surface area contributed by atoms with Crippen LogP contribution in [0.5, 0.6) is 0 Å². The van der Waals surface area contributed by atoms with E-state index in [0.29, 0.717) is 12.1 Å². The first-order valence-electron chi connectivity index (χ1n) is 7.16. The number of rotatable bonds is 5. The lowest BCUT2D eigenvalue weighted by Crippen LogP contribution is -2.31. The van der Waals surface area contributed by atoms with Gasteiger partial charge in [-0.05, 0) is 49.3 Å². The van der Waals surface area contributed by atoms with Crippen molar-refractivity contribution in [3.63, 3.8) is 0 Å². The van der Waals surface area contributed by atoms with Gasteiger partial charge < -0.3 is 5.32 Å². The van der Waals surface area contributed by atoms with Crippen molar-refractivity contribution in [3.8, 4) is 0 Å². The molecule has 0 unspecified atom stereocenters. The first-order valence-corrected chi connectivity index (χ1v) is 7.16. The lowest BCUT2D eigenvalue weighted by atomic mass is 9.90. The Labute approximate surface area is 114 Å². The summed E-state index contributed by atoms with van der Waals surface area (Å²) in [5, 5.41) is 2.67. The number of aryl methyl sites for hydroxylation is 2. The van der Waals surface area contributed by atoms with Crippen molar-refractivity contribution in [1.29, 1.82) is 0 Å². The summed E-state index contributed by atoms with van der Waals surface area (Å²) in [6.45, 7) is 2.63. The summed E-state index contributed by atoms with van der Waals surface area (Å²) in [7, 11) is 0. The van der Waals surface area contributed by atoms with E-state index in [4.69, 9.17) is 0 Å². The van der Waals surface area contributed by atoms with Gasteiger partial charge in [-0.1, -0.05) is 25.5 Å². The van der Waals surface area contributed by atoms with Gasteiger partial charge in [-0.3, -0.25) is 9.59 Å². The number of amides is 1. The fourth-order valence-electron chi connectivity index (χ4n) is 2.46. The Hall–Kier alpha value is -1.64. The number of nitrogens with one attached hydrogen (secondary N) is 1. The highest BCUT2D eigenvalue weighted by molar-refractivity contribution is 6.42. The number of carbonyl (C=O) groups is 2. The average Bonchev–Trinajstić information content (AvgIpc) is 2.46. The fourth-order valence-corrected chi connectivity index (χ4v) is 2.46. The largest absolute Gasteiger partial charge is 0.349 e. The molecule has 0 atom stereocenters. The summed E-state index contributed by atoms with van der Waals surface area (Å²) in [4.78, 5) is 23.7. The second-order valence-corrected chi connectivity index (χ2v) is 5.13. The molecule has 0 saturated carbocycles. The molecule has 3 nitrogen and oxygen atoms in total. The first-order chi connectivity index (χ1) is 9.22. The van der Waals surface area contributed by atoms with Crippen molar-refractivity contribution >= 4 is 11.7 Å². The standard InChI is InChI=1S/C16H21NO2/c1-2-3-10-17-16(19)15(18)14-9-8-12-6-4-5-7-13(12)11-14/h8-9,11H,2-7,10H2,1H3,(H,17,19). The third-order valence-electron chi connectivity index (χ3n) is 3.63. The molecule has 0 spiro atoms. The van der Waals surface area contributed by atoms with Gasteiger partial charge in [-0.15, -0.1) is 0 Å². The van der Waals surface area contributed by atoms with Gasteiger partial charge in [-0.2, -0.15) is 0 Å². The van der Waals surface area contributed by atoms with E-state index in [1.807, 2.05) is 12.1 Å². The molecule has 0 radical (unpaired) electrons. The molecule has 19 heavy (non-hydrogen) atoms. The molecule has 0 saturated heterocycles. The van der Waals surface area contributed by atoms with Gasteiger partial charge in [-0.25, -0.2) is 0 Å². The summed E-state index contributed by atoms with van der Waals surface area (Å²) in [5.74, 6) is -0.895. The zero-order valence-electron chi connectivity index (χ0n) is 11.5. The number of hydrogen-bond acceptors (Lipinski definition) is 2. The van der Waals surface area contributed by atoms with E-state index in [2.05, 4.69) is 12.2 Å². The third-order valence-corrected chi connectivity index (χ3v) is 3.63. The van der Waals surface area contributed by atoms with E-state index in [0.717, 1.165) is 25.7 Å². The molecular formula is C16H21NO2. The maximum Gasteiger partial charge on any atom is 0.292 e. The van der Waals surface area contributed by atoms with E-state index in [1.54, 1.807) is 6.07 Å². The summed E-state index contributed by atoms with van der Waals surface area (Å²) in [6, 6.07) is 5.68. The van der Waals surface area contributed by atoms with Crippen LogP contribution in [0.2, 0.25) is 0 Å². The molecule has 1 aromatic carbocycles. The second kappa shape index (κ2) is 6.50. The predicted molar refractivity (Wildman–Crippen MR) is 75.3 cm³/mol. The van der Waals surface area contributed by atoms with Crippen LogP contribution in [-0.4, -0.2) is 18.2 Å². The smallest absolute Gasteiger partial charge is 0.292 e. The number of fused-ring (bicyclic) bond motifs is 1. The van der Waals surface area contributed by atoms with Crippen LogP contribution in [0.15, 0.2) is 18.2 Å². The molecule has 0 aromatic heterocycles. The molecule has 0 fully saturated rings. The van der Waals surface area contributed by atoms with Crippen LogP contribution < -0.4 is 5.32 Å². The van der Waals surface area contributed by atoms with Crippen LogP contribution in [0, 0.1) is 0 Å². The van der Waals surface area contributed by atoms with Crippen LogP contribution in [0.25, 0.3) is 0 Å². The molecule has 1 aliphatic rings. The third kappa shape index (κ3) is 3.43. The predicted octanol–water partition coefficient (Wildman–Crippen LogP) is 2.66. The van der Waals surface area contributed by atoms with E-state index in [9.17, 15) is 9.59 Å². The topological polar surface area (TPSA) is 46.2 Å². The van der Waals surface area contributed by atoms with Gasteiger partial charge in [0.25, 0.3) is 5.91 Å². The highest BCUT2D eigenvalue weighted by atomic mass is 16.2. The molecule has 1 N–H and O–H groups in total. The molecule has 1 aliphatic carbocycles. The monoisotopic (exact) mass is 259 g/mol. The number of hydrogen-bond donors (Lipinski definition) is 1. The number of ketones is 1. The molecule has 2 rings (SSSR count). The Morgan fingerprint density at radius 1 is 1.16 bits per heavy atom. The zero-order chi connectivity index (χ0) is 13.7. The Morgan fingerprint density at radius 2 is 1.89 bits per heavy atom. The van der Waals surface area contributed by atoms with Crippen LogP contribution in [-0.2, 0) is 17.6 Å². The molecule has 0 heterocycles. The highest BCUT2D eigenvalue weighted by Crippen LogP contribution is 2.22. The molecule has 0 bridgehead atoms. The van der Waals surface area contributed by atoms with Crippen molar-refractivity contribution in [2.24, 2.45) is 0 Å². The van der Waals surface area contributed by atoms with Crippen molar-refractivity contribution in [2.75, 3.05) is 6.54 Å². The van der Waals surface area contributed by atoms with Crippen molar-refractivity contribution in [1.82, 2.24) is 5.32 Å². The highest BCUT2D eigenvalue weighted by Gasteiger charge is 2.18. The maximum atomic E-state index is 12.0. The van der Waals surface area contributed by atoms with Crippen LogP contribution in [0.4, 0.5) is 0 Å². The number of Topliss-reactive ketones (excluding diaryl/α,β-unsaturated/α-hetero) is 1. The zero-order valence-corrected chi connectivity index (χ0v) is 11.5. The van der Waals surface area contributed by atoms with Gasteiger partial charge in [0.2, 0.25) is 5.78 Å². The lowest BCUT2D eigenvalue weighted by Gasteiger charge is -2.16.